The second-order valence-electron chi connectivity index (χ2n) is 7.45. The summed E-state index contributed by atoms with van der Waals surface area (Å²) in [6.45, 7) is 3.41. The first-order chi connectivity index (χ1) is 12.5. The van der Waals surface area contributed by atoms with Gasteiger partial charge in [0.15, 0.2) is 0 Å². The van der Waals surface area contributed by atoms with Gasteiger partial charge in [-0.1, -0.05) is 54.1 Å². The Hall–Kier alpha value is -2.62. The molecule has 2 aliphatic rings. The monoisotopic (exact) mass is 348 g/mol. The fraction of sp³-hybridized carbons (Fsp3) is 0.364. The average molecular weight is 348 g/mol. The van der Waals surface area contributed by atoms with Gasteiger partial charge in [0.25, 0.3) is 0 Å². The Morgan fingerprint density at radius 2 is 1.73 bits per heavy atom. The Bertz CT molecular complexity index is 843. The zero-order valence-corrected chi connectivity index (χ0v) is 15.3. The molecule has 0 aliphatic carbocycles. The Kier molecular flexibility index (Phi) is 4.27. The number of hydrogen-bond acceptors (Lipinski definition) is 2. The van der Waals surface area contributed by atoms with Crippen LogP contribution >= 0.6 is 0 Å². The second-order valence-corrected chi connectivity index (χ2v) is 7.45. The molecule has 4 nitrogen and oxygen atoms in total. The van der Waals surface area contributed by atoms with Crippen molar-refractivity contribution in [1.82, 2.24) is 9.80 Å². The summed E-state index contributed by atoms with van der Waals surface area (Å²) in [5, 5.41) is 0. The lowest BCUT2D eigenvalue weighted by molar-refractivity contribution is -0.137. The molecule has 0 unspecified atom stereocenters. The number of hydrogen-bond donors (Lipinski definition) is 0. The van der Waals surface area contributed by atoms with Crippen LogP contribution in [-0.4, -0.2) is 35.2 Å². The van der Waals surface area contributed by atoms with Crippen LogP contribution in [0.4, 0.5) is 0 Å². The minimum Gasteiger partial charge on any atom is -0.338 e. The van der Waals surface area contributed by atoms with Gasteiger partial charge in [0.2, 0.25) is 11.8 Å². The standard InChI is InChI=1S/C22H24N2O2/c1-15-7-9-17(10-8-15)21-19(13-20(25)23(21)2)22(26)24-12-11-16-5-3-4-6-18(16)14-24/h3-10,19,21H,11-14H2,1-2H3/t19-,21+/m0/s1. The van der Waals surface area contributed by atoms with Crippen LogP contribution < -0.4 is 0 Å². The van der Waals surface area contributed by atoms with Gasteiger partial charge in [0.1, 0.15) is 0 Å². The van der Waals surface area contributed by atoms with Crippen molar-refractivity contribution < 1.29 is 9.59 Å². The topological polar surface area (TPSA) is 40.6 Å². The van der Waals surface area contributed by atoms with Gasteiger partial charge in [-0.25, -0.2) is 0 Å². The number of carbonyl (C=O) groups is 2. The van der Waals surface area contributed by atoms with E-state index in [1.54, 1.807) is 4.90 Å². The van der Waals surface area contributed by atoms with E-state index in [1.165, 1.54) is 16.7 Å². The quantitative estimate of drug-likeness (QED) is 0.837. The number of nitrogens with zero attached hydrogens (tertiary/aromatic N) is 2. The van der Waals surface area contributed by atoms with Gasteiger partial charge < -0.3 is 9.80 Å². The molecule has 0 N–H and O–H groups in total. The highest BCUT2D eigenvalue weighted by atomic mass is 16.2. The first-order valence-electron chi connectivity index (χ1n) is 9.22. The van der Waals surface area contributed by atoms with Crippen molar-refractivity contribution in [3.63, 3.8) is 0 Å². The molecular formula is C22H24N2O2. The van der Waals surface area contributed by atoms with Crippen molar-refractivity contribution >= 4 is 11.8 Å². The van der Waals surface area contributed by atoms with E-state index in [1.807, 2.05) is 55.3 Å². The van der Waals surface area contributed by atoms with Gasteiger partial charge in [0, 0.05) is 26.6 Å². The second kappa shape index (κ2) is 6.60. The fourth-order valence-corrected chi connectivity index (χ4v) is 4.23. The van der Waals surface area contributed by atoms with Crippen LogP contribution in [-0.2, 0) is 22.6 Å². The molecule has 26 heavy (non-hydrogen) atoms. The van der Waals surface area contributed by atoms with Crippen molar-refractivity contribution in [3.05, 3.63) is 70.8 Å². The Labute approximate surface area is 154 Å². The number of aryl methyl sites for hydroxylation is 1. The molecule has 2 aromatic rings. The summed E-state index contributed by atoms with van der Waals surface area (Å²) in [5.41, 5.74) is 4.76. The smallest absolute Gasteiger partial charge is 0.228 e. The minimum atomic E-state index is -0.305. The number of rotatable bonds is 2. The molecule has 0 aromatic heterocycles. The summed E-state index contributed by atoms with van der Waals surface area (Å²) in [6.07, 6.45) is 1.18. The fourth-order valence-electron chi connectivity index (χ4n) is 4.23. The largest absolute Gasteiger partial charge is 0.338 e. The lowest BCUT2D eigenvalue weighted by atomic mass is 9.90. The number of fused-ring (bicyclic) bond motifs is 1. The molecule has 2 amide bonds. The maximum Gasteiger partial charge on any atom is 0.228 e. The first-order valence-corrected chi connectivity index (χ1v) is 9.22. The van der Waals surface area contributed by atoms with Crippen LogP contribution in [0.1, 0.15) is 34.7 Å². The van der Waals surface area contributed by atoms with Crippen LogP contribution in [0.3, 0.4) is 0 Å². The van der Waals surface area contributed by atoms with Crippen LogP contribution in [0.5, 0.6) is 0 Å². The van der Waals surface area contributed by atoms with E-state index in [0.717, 1.165) is 18.5 Å². The highest BCUT2D eigenvalue weighted by Gasteiger charge is 2.44. The maximum absolute atomic E-state index is 13.3. The van der Waals surface area contributed by atoms with Crippen molar-refractivity contribution in [3.8, 4) is 0 Å². The van der Waals surface area contributed by atoms with Gasteiger partial charge in [-0.05, 0) is 30.0 Å². The van der Waals surface area contributed by atoms with Crippen LogP contribution in [0.25, 0.3) is 0 Å². The number of carbonyl (C=O) groups excluding carboxylic acids is 2. The summed E-state index contributed by atoms with van der Waals surface area (Å²) >= 11 is 0. The van der Waals surface area contributed by atoms with Gasteiger partial charge in [-0.2, -0.15) is 0 Å². The third-order valence-electron chi connectivity index (χ3n) is 5.76. The number of benzene rings is 2. The lowest BCUT2D eigenvalue weighted by Gasteiger charge is -2.33. The molecule has 4 rings (SSSR count). The van der Waals surface area contributed by atoms with Gasteiger partial charge in [-0.15, -0.1) is 0 Å². The molecular weight excluding hydrogens is 324 g/mol. The molecule has 1 saturated heterocycles. The van der Waals surface area contributed by atoms with E-state index in [4.69, 9.17) is 0 Å². The summed E-state index contributed by atoms with van der Waals surface area (Å²) in [7, 11) is 1.81. The van der Waals surface area contributed by atoms with Crippen molar-refractivity contribution in [2.75, 3.05) is 13.6 Å². The molecule has 2 aliphatic heterocycles. The molecule has 2 aromatic carbocycles. The predicted molar refractivity (Wildman–Crippen MR) is 100 cm³/mol. The molecule has 0 saturated carbocycles. The summed E-state index contributed by atoms with van der Waals surface area (Å²) in [5.74, 6) is -0.158. The normalized spacial score (nSPS) is 22.5. The molecule has 0 radical (unpaired) electrons. The molecule has 4 heteroatoms. The van der Waals surface area contributed by atoms with Crippen molar-refractivity contribution in [2.45, 2.75) is 32.4 Å². The van der Waals surface area contributed by atoms with Gasteiger partial charge in [-0.3, -0.25) is 9.59 Å². The predicted octanol–water partition coefficient (Wildman–Crippen LogP) is 3.10. The Morgan fingerprint density at radius 1 is 1.04 bits per heavy atom. The molecule has 0 spiro atoms. The van der Waals surface area contributed by atoms with Crippen molar-refractivity contribution in [1.29, 1.82) is 0 Å². The molecule has 134 valence electrons. The van der Waals surface area contributed by atoms with E-state index in [2.05, 4.69) is 12.1 Å². The summed E-state index contributed by atoms with van der Waals surface area (Å²) < 4.78 is 0. The number of amides is 2. The maximum atomic E-state index is 13.3. The van der Waals surface area contributed by atoms with Gasteiger partial charge in [0.05, 0.1) is 12.0 Å². The first kappa shape index (κ1) is 16.8. The van der Waals surface area contributed by atoms with E-state index in [9.17, 15) is 9.59 Å². The van der Waals surface area contributed by atoms with E-state index in [-0.39, 0.29) is 23.8 Å². The highest BCUT2D eigenvalue weighted by molar-refractivity contribution is 5.90. The summed E-state index contributed by atoms with van der Waals surface area (Å²) in [6, 6.07) is 16.3. The lowest BCUT2D eigenvalue weighted by Crippen LogP contribution is -2.41. The highest BCUT2D eigenvalue weighted by Crippen LogP contribution is 2.38. The van der Waals surface area contributed by atoms with E-state index >= 15 is 0 Å². The molecule has 2 heterocycles. The van der Waals surface area contributed by atoms with Crippen LogP contribution in [0, 0.1) is 12.8 Å². The molecule has 1 fully saturated rings. The average Bonchev–Trinajstić information content (AvgIpc) is 2.96. The van der Waals surface area contributed by atoms with Gasteiger partial charge >= 0.3 is 0 Å². The third kappa shape index (κ3) is 2.90. The zero-order chi connectivity index (χ0) is 18.3. The summed E-state index contributed by atoms with van der Waals surface area (Å²) in [4.78, 5) is 29.3. The zero-order valence-electron chi connectivity index (χ0n) is 15.3. The SMILES string of the molecule is Cc1ccc([C@@H]2[C@@H](C(=O)N3CCc4ccccc4C3)CC(=O)N2C)cc1. The number of likely N-dealkylation sites (tertiary alicyclic amines) is 1. The molecule has 0 bridgehead atoms. The Morgan fingerprint density at radius 3 is 2.46 bits per heavy atom. The molecule has 2 atom stereocenters. The van der Waals surface area contributed by atoms with Crippen LogP contribution in [0.2, 0.25) is 0 Å². The minimum absolute atomic E-state index is 0.0475. The third-order valence-corrected chi connectivity index (χ3v) is 5.76. The van der Waals surface area contributed by atoms with E-state index in [0.29, 0.717) is 13.0 Å². The van der Waals surface area contributed by atoms with Crippen LogP contribution in [0.15, 0.2) is 48.5 Å². The Balaban J connectivity index is 1.60. The van der Waals surface area contributed by atoms with Crippen molar-refractivity contribution in [2.24, 2.45) is 5.92 Å². The van der Waals surface area contributed by atoms with E-state index < -0.39 is 0 Å².